The molecular weight excluding hydrogens is 384 g/mol. The van der Waals surface area contributed by atoms with Crippen molar-refractivity contribution in [2.75, 3.05) is 21.3 Å². The topological polar surface area (TPSA) is 87.5 Å². The van der Waals surface area contributed by atoms with Crippen molar-refractivity contribution in [1.82, 2.24) is 20.1 Å². The fraction of sp³-hybridized carbons (Fsp3) is 0.227. The van der Waals surface area contributed by atoms with Gasteiger partial charge in [-0.25, -0.2) is 9.67 Å². The van der Waals surface area contributed by atoms with E-state index in [1.807, 2.05) is 31.2 Å². The Morgan fingerprint density at radius 2 is 1.73 bits per heavy atom. The maximum Gasteiger partial charge on any atom is 0.244 e. The van der Waals surface area contributed by atoms with Crippen molar-refractivity contribution in [3.63, 3.8) is 0 Å². The number of benzene rings is 2. The summed E-state index contributed by atoms with van der Waals surface area (Å²) in [6.07, 6.45) is 6.28. The molecule has 8 heteroatoms. The van der Waals surface area contributed by atoms with E-state index in [4.69, 9.17) is 14.2 Å². The molecule has 0 unspecified atom stereocenters. The molecule has 1 atom stereocenters. The summed E-state index contributed by atoms with van der Waals surface area (Å²) in [4.78, 5) is 16.3. The van der Waals surface area contributed by atoms with Gasteiger partial charge < -0.3 is 19.5 Å². The zero-order valence-electron chi connectivity index (χ0n) is 17.3. The van der Waals surface area contributed by atoms with Crippen LogP contribution in [-0.4, -0.2) is 42.0 Å². The first-order valence-corrected chi connectivity index (χ1v) is 9.29. The van der Waals surface area contributed by atoms with E-state index in [0.717, 1.165) is 16.8 Å². The lowest BCUT2D eigenvalue weighted by Gasteiger charge is -2.14. The predicted octanol–water partition coefficient (Wildman–Crippen LogP) is 3.18. The Bertz CT molecular complexity index is 989. The summed E-state index contributed by atoms with van der Waals surface area (Å²) in [5.41, 5.74) is 2.63. The second kappa shape index (κ2) is 9.60. The van der Waals surface area contributed by atoms with Crippen LogP contribution in [0.1, 0.15) is 24.1 Å². The van der Waals surface area contributed by atoms with E-state index >= 15 is 0 Å². The minimum atomic E-state index is -0.211. The van der Waals surface area contributed by atoms with Crippen LogP contribution < -0.4 is 19.5 Å². The molecule has 0 fully saturated rings. The molecular formula is C22H24N4O4. The van der Waals surface area contributed by atoms with Crippen molar-refractivity contribution in [3.8, 4) is 22.9 Å². The molecule has 0 aliphatic rings. The van der Waals surface area contributed by atoms with Gasteiger partial charge in [0, 0.05) is 6.08 Å². The van der Waals surface area contributed by atoms with Crippen molar-refractivity contribution in [2.45, 2.75) is 13.0 Å². The van der Waals surface area contributed by atoms with Crippen molar-refractivity contribution >= 4 is 12.0 Å². The van der Waals surface area contributed by atoms with Gasteiger partial charge in [-0.05, 0) is 48.4 Å². The predicted molar refractivity (Wildman–Crippen MR) is 113 cm³/mol. The van der Waals surface area contributed by atoms with Gasteiger partial charge in [0.2, 0.25) is 11.7 Å². The normalized spacial score (nSPS) is 11.9. The number of carbonyl (C=O) groups is 1. The monoisotopic (exact) mass is 408 g/mol. The zero-order chi connectivity index (χ0) is 21.5. The minimum Gasteiger partial charge on any atom is -0.493 e. The lowest BCUT2D eigenvalue weighted by atomic mass is 10.1. The van der Waals surface area contributed by atoms with E-state index in [0.29, 0.717) is 17.2 Å². The third kappa shape index (κ3) is 4.78. The highest BCUT2D eigenvalue weighted by Gasteiger charge is 2.13. The second-order valence-electron chi connectivity index (χ2n) is 6.45. The Morgan fingerprint density at radius 3 is 2.27 bits per heavy atom. The van der Waals surface area contributed by atoms with Gasteiger partial charge in [-0.3, -0.25) is 4.79 Å². The summed E-state index contributed by atoms with van der Waals surface area (Å²) in [7, 11) is 4.64. The summed E-state index contributed by atoms with van der Waals surface area (Å²) in [5.74, 6) is 1.34. The Morgan fingerprint density at radius 1 is 1.07 bits per heavy atom. The van der Waals surface area contributed by atoms with Crippen LogP contribution in [0.25, 0.3) is 11.8 Å². The molecule has 0 spiro atoms. The van der Waals surface area contributed by atoms with Crippen molar-refractivity contribution < 1.29 is 19.0 Å². The molecule has 0 radical (unpaired) electrons. The number of nitrogens with one attached hydrogen (secondary N) is 1. The highest BCUT2D eigenvalue weighted by molar-refractivity contribution is 5.92. The number of hydrogen-bond acceptors (Lipinski definition) is 6. The lowest BCUT2D eigenvalue weighted by Crippen LogP contribution is -2.24. The van der Waals surface area contributed by atoms with Crippen LogP contribution in [0.5, 0.6) is 17.2 Å². The molecule has 1 amide bonds. The summed E-state index contributed by atoms with van der Waals surface area (Å²) in [6.45, 7) is 1.93. The van der Waals surface area contributed by atoms with Gasteiger partial charge in [-0.2, -0.15) is 5.10 Å². The zero-order valence-corrected chi connectivity index (χ0v) is 17.3. The highest BCUT2D eigenvalue weighted by Crippen LogP contribution is 2.38. The first-order valence-electron chi connectivity index (χ1n) is 9.29. The molecule has 0 saturated carbocycles. The number of aromatic nitrogens is 3. The summed E-state index contributed by atoms with van der Waals surface area (Å²) < 4.78 is 17.7. The largest absolute Gasteiger partial charge is 0.493 e. The van der Waals surface area contributed by atoms with Gasteiger partial charge in [0.05, 0.1) is 33.1 Å². The van der Waals surface area contributed by atoms with Crippen LogP contribution in [0.4, 0.5) is 0 Å². The molecule has 1 heterocycles. The average Bonchev–Trinajstić information content (AvgIpc) is 3.31. The molecule has 0 saturated heterocycles. The lowest BCUT2D eigenvalue weighted by molar-refractivity contribution is -0.117. The Hall–Kier alpha value is -3.81. The van der Waals surface area contributed by atoms with Gasteiger partial charge in [0.25, 0.3) is 0 Å². The smallest absolute Gasteiger partial charge is 0.244 e. The molecule has 2 aromatic carbocycles. The van der Waals surface area contributed by atoms with Gasteiger partial charge in [-0.15, -0.1) is 0 Å². The van der Waals surface area contributed by atoms with Crippen molar-refractivity contribution in [3.05, 3.63) is 66.3 Å². The van der Waals surface area contributed by atoms with Crippen LogP contribution in [0.15, 0.2) is 55.1 Å². The van der Waals surface area contributed by atoms with Crippen LogP contribution in [-0.2, 0) is 4.79 Å². The third-order valence-electron chi connectivity index (χ3n) is 4.55. The molecule has 156 valence electrons. The van der Waals surface area contributed by atoms with E-state index in [2.05, 4.69) is 15.4 Å². The molecule has 1 N–H and O–H groups in total. The molecule has 30 heavy (non-hydrogen) atoms. The van der Waals surface area contributed by atoms with Crippen molar-refractivity contribution in [2.24, 2.45) is 0 Å². The van der Waals surface area contributed by atoms with Gasteiger partial charge in [0.15, 0.2) is 11.5 Å². The molecule has 0 aliphatic heterocycles. The van der Waals surface area contributed by atoms with E-state index < -0.39 is 0 Å². The number of methoxy groups -OCH3 is 3. The summed E-state index contributed by atoms with van der Waals surface area (Å²) in [6, 6.07) is 11.1. The molecule has 0 bridgehead atoms. The van der Waals surface area contributed by atoms with Crippen LogP contribution in [0.3, 0.4) is 0 Å². The van der Waals surface area contributed by atoms with Gasteiger partial charge in [-0.1, -0.05) is 12.1 Å². The Labute approximate surface area is 175 Å². The Balaban J connectivity index is 1.67. The maximum atomic E-state index is 12.4. The standard InChI is InChI=1S/C22H24N4O4/c1-15(17-6-8-18(9-7-17)26-14-23-13-24-26)25-21(27)10-5-16-11-19(28-2)22(30-4)20(12-16)29-3/h5-15H,1-4H3,(H,25,27)/b10-5+/t15-/m1/s1. The number of nitrogens with zero attached hydrogens (tertiary/aromatic N) is 3. The van der Waals surface area contributed by atoms with Crippen molar-refractivity contribution in [1.29, 1.82) is 0 Å². The number of rotatable bonds is 8. The molecule has 0 aliphatic carbocycles. The fourth-order valence-electron chi connectivity index (χ4n) is 2.97. The SMILES string of the molecule is COc1cc(/C=C/C(=O)N[C@H](C)c2ccc(-n3cncn3)cc2)cc(OC)c1OC. The van der Waals surface area contributed by atoms with E-state index in [9.17, 15) is 4.79 Å². The van der Waals surface area contributed by atoms with E-state index in [1.165, 1.54) is 12.4 Å². The number of carbonyl (C=O) groups excluding carboxylic acids is 1. The van der Waals surface area contributed by atoms with E-state index in [-0.39, 0.29) is 11.9 Å². The molecule has 1 aromatic heterocycles. The molecule has 8 nitrogen and oxygen atoms in total. The molecule has 3 aromatic rings. The first kappa shape index (κ1) is 20.9. The number of amides is 1. The van der Waals surface area contributed by atoms with Crippen LogP contribution in [0, 0.1) is 0 Å². The van der Waals surface area contributed by atoms with Crippen LogP contribution in [0.2, 0.25) is 0 Å². The minimum absolute atomic E-state index is 0.160. The van der Waals surface area contributed by atoms with Gasteiger partial charge in [0.1, 0.15) is 12.7 Å². The summed E-state index contributed by atoms with van der Waals surface area (Å²) >= 11 is 0. The first-order chi connectivity index (χ1) is 14.5. The van der Waals surface area contributed by atoms with Crippen LogP contribution >= 0.6 is 0 Å². The average molecular weight is 408 g/mol. The highest BCUT2D eigenvalue weighted by atomic mass is 16.5. The molecule has 3 rings (SSSR count). The maximum absolute atomic E-state index is 12.4. The van der Waals surface area contributed by atoms with E-state index in [1.54, 1.807) is 50.5 Å². The number of hydrogen-bond donors (Lipinski definition) is 1. The number of ether oxygens (including phenoxy) is 3. The quantitative estimate of drug-likeness (QED) is 0.576. The third-order valence-corrected chi connectivity index (χ3v) is 4.55. The van der Waals surface area contributed by atoms with Gasteiger partial charge >= 0.3 is 0 Å². The Kier molecular flexibility index (Phi) is 6.69. The fourth-order valence-corrected chi connectivity index (χ4v) is 2.97. The second-order valence-corrected chi connectivity index (χ2v) is 6.45. The summed E-state index contributed by atoms with van der Waals surface area (Å²) in [5, 5.41) is 7.05.